The first-order chi connectivity index (χ1) is 13.1. The van der Waals surface area contributed by atoms with E-state index in [0.717, 1.165) is 33.9 Å². The fraction of sp³-hybridized carbons (Fsp3) is 0.235. The highest BCUT2D eigenvalue weighted by Crippen LogP contribution is 2.24. The number of ether oxygens (including phenoxy) is 1. The number of carbonyl (C=O) groups excluding carboxylic acids is 2. The van der Waals surface area contributed by atoms with Crippen LogP contribution in [0.3, 0.4) is 0 Å². The normalized spacial score (nSPS) is 11.6. The van der Waals surface area contributed by atoms with Gasteiger partial charge in [-0.3, -0.25) is 9.36 Å². The van der Waals surface area contributed by atoms with E-state index in [1.54, 1.807) is 13.0 Å². The highest BCUT2D eigenvalue weighted by atomic mass is 32.2. The number of aromatic nitrogens is 2. The number of ketones is 1. The molecule has 0 radical (unpaired) electrons. The van der Waals surface area contributed by atoms with Gasteiger partial charge >= 0.3 is 5.97 Å². The number of carbonyl (C=O) groups is 2. The molecule has 3 aromatic rings. The van der Waals surface area contributed by atoms with Gasteiger partial charge in [0, 0.05) is 27.7 Å². The van der Waals surface area contributed by atoms with Gasteiger partial charge in [0.25, 0.3) is 0 Å². The van der Waals surface area contributed by atoms with Gasteiger partial charge in [-0.15, -0.1) is 22.7 Å². The van der Waals surface area contributed by atoms with Gasteiger partial charge in [-0.05, 0) is 32.9 Å². The van der Waals surface area contributed by atoms with Crippen molar-refractivity contribution in [1.82, 2.24) is 9.55 Å². The third kappa shape index (κ3) is 4.07. The Labute approximate surface area is 169 Å². The Bertz CT molecular complexity index is 1170. The number of nitrogens with two attached hydrogens (primary N) is 1. The van der Waals surface area contributed by atoms with Crippen LogP contribution in [0.4, 0.5) is 0 Å². The lowest BCUT2D eigenvalue weighted by Crippen LogP contribution is -2.15. The summed E-state index contributed by atoms with van der Waals surface area (Å²) in [5.74, 6) is -1.15. The zero-order valence-corrected chi connectivity index (χ0v) is 17.7. The summed E-state index contributed by atoms with van der Waals surface area (Å²) >= 11 is 2.29. The molecule has 0 saturated carbocycles. The zero-order chi connectivity index (χ0) is 20.6. The zero-order valence-electron chi connectivity index (χ0n) is 15.3. The number of hydrogen-bond acceptors (Lipinski definition) is 8. The standard InChI is InChI=1S/C17H17N3O5S3/c1-9-7-27-17(19-9)20-10(2)4-13(11(20)3)14(21)6-25-16(22)12-5-15(26-8-12)28(18,23)24/h4-5,7-8H,6H2,1-3H3,(H2,18,23,24). The average molecular weight is 440 g/mol. The molecule has 0 bridgehead atoms. The number of thiophene rings is 1. The molecule has 11 heteroatoms. The number of primary sulfonamides is 1. The van der Waals surface area contributed by atoms with E-state index in [4.69, 9.17) is 9.88 Å². The van der Waals surface area contributed by atoms with Gasteiger partial charge in [0.2, 0.25) is 15.8 Å². The summed E-state index contributed by atoms with van der Waals surface area (Å²) in [5, 5.41) is 9.03. The maximum absolute atomic E-state index is 12.5. The van der Waals surface area contributed by atoms with Crippen LogP contribution in [0.1, 0.15) is 37.8 Å². The number of hydrogen-bond donors (Lipinski definition) is 1. The van der Waals surface area contributed by atoms with E-state index in [9.17, 15) is 18.0 Å². The highest BCUT2D eigenvalue weighted by molar-refractivity contribution is 7.91. The third-order valence-electron chi connectivity index (χ3n) is 3.96. The summed E-state index contributed by atoms with van der Waals surface area (Å²) in [6.45, 7) is 5.11. The summed E-state index contributed by atoms with van der Waals surface area (Å²) in [4.78, 5) is 29.1. The fourth-order valence-electron chi connectivity index (χ4n) is 2.65. The smallest absolute Gasteiger partial charge is 0.339 e. The lowest BCUT2D eigenvalue weighted by atomic mass is 10.1. The second-order valence-corrected chi connectivity index (χ2v) is 9.63. The minimum Gasteiger partial charge on any atom is -0.454 e. The van der Waals surface area contributed by atoms with Crippen LogP contribution in [-0.4, -0.2) is 36.3 Å². The SMILES string of the molecule is Cc1csc(-n2c(C)cc(C(=O)COC(=O)c3csc(S(N)(=O)=O)c3)c2C)n1. The first-order valence-electron chi connectivity index (χ1n) is 8.01. The Morgan fingerprint density at radius 3 is 2.46 bits per heavy atom. The number of nitrogens with zero attached hydrogens (tertiary/aromatic N) is 2. The largest absolute Gasteiger partial charge is 0.454 e. The molecule has 0 aliphatic rings. The molecule has 0 unspecified atom stereocenters. The summed E-state index contributed by atoms with van der Waals surface area (Å²) in [5.41, 5.74) is 2.92. The van der Waals surface area contributed by atoms with Gasteiger partial charge in [-0.1, -0.05) is 0 Å². The molecule has 148 valence electrons. The van der Waals surface area contributed by atoms with Crippen LogP contribution >= 0.6 is 22.7 Å². The van der Waals surface area contributed by atoms with E-state index in [-0.39, 0.29) is 15.6 Å². The van der Waals surface area contributed by atoms with Crippen molar-refractivity contribution in [3.63, 3.8) is 0 Å². The summed E-state index contributed by atoms with van der Waals surface area (Å²) in [7, 11) is -3.89. The van der Waals surface area contributed by atoms with Crippen molar-refractivity contribution < 1.29 is 22.7 Å². The molecule has 0 aliphatic carbocycles. The summed E-state index contributed by atoms with van der Waals surface area (Å²) in [6.07, 6.45) is 0. The molecule has 0 aromatic carbocycles. The number of esters is 1. The lowest BCUT2D eigenvalue weighted by molar-refractivity contribution is 0.0475. The van der Waals surface area contributed by atoms with Crippen LogP contribution in [0.5, 0.6) is 0 Å². The van der Waals surface area contributed by atoms with Gasteiger partial charge in [0.1, 0.15) is 4.21 Å². The van der Waals surface area contributed by atoms with Gasteiger partial charge in [-0.2, -0.15) is 0 Å². The maximum atomic E-state index is 12.5. The number of sulfonamides is 1. The van der Waals surface area contributed by atoms with E-state index in [0.29, 0.717) is 11.3 Å². The van der Waals surface area contributed by atoms with Crippen molar-refractivity contribution >= 4 is 44.4 Å². The average Bonchev–Trinajstić information content (AvgIpc) is 3.31. The Hall–Kier alpha value is -2.34. The molecular weight excluding hydrogens is 422 g/mol. The minimum absolute atomic E-state index is 0.0329. The Morgan fingerprint density at radius 1 is 1.18 bits per heavy atom. The minimum atomic E-state index is -3.89. The van der Waals surface area contributed by atoms with E-state index in [1.807, 2.05) is 23.8 Å². The molecule has 0 saturated heterocycles. The van der Waals surface area contributed by atoms with E-state index >= 15 is 0 Å². The predicted molar refractivity (Wildman–Crippen MR) is 106 cm³/mol. The maximum Gasteiger partial charge on any atom is 0.339 e. The molecule has 3 heterocycles. The highest BCUT2D eigenvalue weighted by Gasteiger charge is 2.21. The van der Waals surface area contributed by atoms with Crippen LogP contribution in [0.25, 0.3) is 5.13 Å². The summed E-state index contributed by atoms with van der Waals surface area (Å²) in [6, 6.07) is 2.86. The molecule has 0 spiro atoms. The molecule has 0 atom stereocenters. The van der Waals surface area contributed by atoms with Gasteiger partial charge in [-0.25, -0.2) is 23.3 Å². The monoisotopic (exact) mass is 439 g/mol. The molecule has 0 amide bonds. The molecule has 3 aromatic heterocycles. The van der Waals surface area contributed by atoms with E-state index < -0.39 is 22.6 Å². The van der Waals surface area contributed by atoms with Crippen molar-refractivity contribution in [1.29, 1.82) is 0 Å². The first-order valence-corrected chi connectivity index (χ1v) is 11.3. The summed E-state index contributed by atoms with van der Waals surface area (Å²) < 4.78 is 29.3. The Morgan fingerprint density at radius 2 is 1.89 bits per heavy atom. The molecule has 8 nitrogen and oxygen atoms in total. The quantitative estimate of drug-likeness (QED) is 0.465. The van der Waals surface area contributed by atoms with Crippen LogP contribution < -0.4 is 5.14 Å². The topological polar surface area (TPSA) is 121 Å². The van der Waals surface area contributed by atoms with Crippen molar-refractivity contribution in [3.05, 3.63) is 51.1 Å². The van der Waals surface area contributed by atoms with Gasteiger partial charge in [0.05, 0.1) is 11.3 Å². The van der Waals surface area contributed by atoms with Crippen molar-refractivity contribution in [2.24, 2.45) is 5.14 Å². The van der Waals surface area contributed by atoms with Crippen LogP contribution in [-0.2, 0) is 14.8 Å². The Kier molecular flexibility index (Phi) is 5.53. The second-order valence-electron chi connectivity index (χ2n) is 6.09. The van der Waals surface area contributed by atoms with Crippen LogP contribution in [0.2, 0.25) is 0 Å². The molecule has 0 aliphatic heterocycles. The molecular formula is C17H17N3O5S3. The Balaban J connectivity index is 1.73. The fourth-order valence-corrected chi connectivity index (χ4v) is 5.13. The number of Topliss-reactive ketones (excluding diaryl/α,β-unsaturated/α-hetero) is 1. The number of rotatable bonds is 6. The number of thiazole rings is 1. The van der Waals surface area contributed by atoms with Crippen molar-refractivity contribution in [3.8, 4) is 5.13 Å². The van der Waals surface area contributed by atoms with Crippen molar-refractivity contribution in [2.75, 3.05) is 6.61 Å². The van der Waals surface area contributed by atoms with Crippen LogP contribution in [0.15, 0.2) is 27.1 Å². The second kappa shape index (κ2) is 7.59. The van der Waals surface area contributed by atoms with Gasteiger partial charge < -0.3 is 4.74 Å². The van der Waals surface area contributed by atoms with Crippen LogP contribution in [0, 0.1) is 20.8 Å². The van der Waals surface area contributed by atoms with E-state index in [1.165, 1.54) is 16.7 Å². The third-order valence-corrected chi connectivity index (χ3v) is 7.29. The lowest BCUT2D eigenvalue weighted by Gasteiger charge is -2.06. The predicted octanol–water partition coefficient (Wildman–Crippen LogP) is 2.61. The first kappa shape index (κ1) is 20.4. The molecule has 0 fully saturated rings. The van der Waals surface area contributed by atoms with E-state index in [2.05, 4.69) is 4.98 Å². The van der Waals surface area contributed by atoms with Gasteiger partial charge in [0.15, 0.2) is 11.7 Å². The molecule has 2 N–H and O–H groups in total. The molecule has 3 rings (SSSR count). The van der Waals surface area contributed by atoms with Crippen molar-refractivity contribution in [2.45, 2.75) is 25.0 Å². The molecule has 28 heavy (non-hydrogen) atoms. The number of aryl methyl sites for hydroxylation is 2.